The molecule has 0 aliphatic carbocycles. The van der Waals surface area contributed by atoms with Crippen LogP contribution in [0.15, 0.2) is 24.3 Å². The molecule has 0 saturated heterocycles. The molecule has 0 bridgehead atoms. The fraction of sp³-hybridized carbons (Fsp3) is 0.500. The van der Waals surface area contributed by atoms with Crippen LogP contribution in [0.25, 0.3) is 0 Å². The van der Waals surface area contributed by atoms with E-state index in [1.807, 2.05) is 12.1 Å². The number of benzene rings is 1. The largest absolute Gasteiger partial charge is 0.483 e. The van der Waals surface area contributed by atoms with Gasteiger partial charge in [-0.25, -0.2) is 0 Å². The number of hydrogen-bond donors (Lipinski definition) is 2. The van der Waals surface area contributed by atoms with Gasteiger partial charge in [-0.3, -0.25) is 4.79 Å². The summed E-state index contributed by atoms with van der Waals surface area (Å²) in [5.41, 5.74) is 6.13. The Labute approximate surface area is 132 Å². The third kappa shape index (κ3) is 4.70. The summed E-state index contributed by atoms with van der Waals surface area (Å²) >= 11 is 4.97. The molecule has 1 aromatic carbocycles. The summed E-state index contributed by atoms with van der Waals surface area (Å²) in [6.45, 7) is 6.20. The van der Waals surface area contributed by atoms with Crippen molar-refractivity contribution in [2.24, 2.45) is 5.73 Å². The van der Waals surface area contributed by atoms with Crippen LogP contribution in [-0.2, 0) is 4.79 Å². The van der Waals surface area contributed by atoms with Crippen molar-refractivity contribution >= 4 is 23.1 Å². The van der Waals surface area contributed by atoms with Gasteiger partial charge in [0.2, 0.25) is 0 Å². The summed E-state index contributed by atoms with van der Waals surface area (Å²) in [7, 11) is 0. The fourth-order valence-corrected chi connectivity index (χ4v) is 2.46. The van der Waals surface area contributed by atoms with Gasteiger partial charge in [-0.05, 0) is 31.4 Å². The van der Waals surface area contributed by atoms with Crippen LogP contribution in [0.3, 0.4) is 0 Å². The molecule has 0 atom stereocenters. The number of rotatable bonds is 8. The van der Waals surface area contributed by atoms with Gasteiger partial charge in [0.25, 0.3) is 5.91 Å². The average Bonchev–Trinajstić information content (AvgIpc) is 2.51. The van der Waals surface area contributed by atoms with Gasteiger partial charge in [-0.1, -0.05) is 45.1 Å². The Morgan fingerprint density at radius 3 is 2.33 bits per heavy atom. The summed E-state index contributed by atoms with van der Waals surface area (Å²) in [6, 6.07) is 7.19. The van der Waals surface area contributed by atoms with Crippen molar-refractivity contribution in [3.63, 3.8) is 0 Å². The number of nitrogens with one attached hydrogen (secondary N) is 1. The normalized spacial score (nSPS) is 11.0. The summed E-state index contributed by atoms with van der Waals surface area (Å²) in [5.74, 6) is 0.411. The highest BCUT2D eigenvalue weighted by Gasteiger charge is 2.25. The van der Waals surface area contributed by atoms with Crippen LogP contribution in [0.4, 0.5) is 0 Å². The van der Waals surface area contributed by atoms with E-state index >= 15 is 0 Å². The number of carbonyl (C=O) groups is 1. The van der Waals surface area contributed by atoms with Crippen molar-refractivity contribution in [2.45, 2.75) is 45.6 Å². The summed E-state index contributed by atoms with van der Waals surface area (Å²) in [5, 5.41) is 3.07. The van der Waals surface area contributed by atoms with Gasteiger partial charge in [0.15, 0.2) is 6.61 Å². The van der Waals surface area contributed by atoms with Gasteiger partial charge in [0.1, 0.15) is 10.7 Å². The maximum atomic E-state index is 12.1. The van der Waals surface area contributed by atoms with E-state index in [-0.39, 0.29) is 23.0 Å². The highest BCUT2D eigenvalue weighted by atomic mass is 32.1. The van der Waals surface area contributed by atoms with E-state index in [4.69, 9.17) is 22.7 Å². The lowest BCUT2D eigenvalue weighted by Crippen LogP contribution is -2.48. The lowest BCUT2D eigenvalue weighted by Gasteiger charge is -2.31. The van der Waals surface area contributed by atoms with Crippen LogP contribution in [0, 0.1) is 0 Å². The molecule has 0 aliphatic rings. The molecule has 1 aromatic rings. The Hall–Kier alpha value is -1.62. The number of ether oxygens (including phenoxy) is 1. The van der Waals surface area contributed by atoms with E-state index in [0.717, 1.165) is 19.3 Å². The lowest BCUT2D eigenvalue weighted by atomic mass is 9.90. The Morgan fingerprint density at radius 1 is 1.24 bits per heavy atom. The first kappa shape index (κ1) is 17.4. The van der Waals surface area contributed by atoms with Crippen LogP contribution in [-0.4, -0.2) is 23.0 Å². The van der Waals surface area contributed by atoms with Gasteiger partial charge in [0.05, 0.1) is 5.56 Å². The molecule has 0 fully saturated rings. The zero-order valence-electron chi connectivity index (χ0n) is 12.9. The van der Waals surface area contributed by atoms with Gasteiger partial charge < -0.3 is 15.8 Å². The first-order valence-corrected chi connectivity index (χ1v) is 7.71. The molecule has 1 amide bonds. The van der Waals surface area contributed by atoms with E-state index in [2.05, 4.69) is 26.1 Å². The SMILES string of the molecule is CCC(CC)(CC)NC(=O)COc1ccccc1C(N)=S. The van der Waals surface area contributed by atoms with E-state index in [1.165, 1.54) is 0 Å². The van der Waals surface area contributed by atoms with Gasteiger partial charge >= 0.3 is 0 Å². The second-order valence-corrected chi connectivity index (χ2v) is 5.48. The van der Waals surface area contributed by atoms with E-state index in [0.29, 0.717) is 11.3 Å². The number of amides is 1. The zero-order valence-corrected chi connectivity index (χ0v) is 13.8. The van der Waals surface area contributed by atoms with Crippen LogP contribution >= 0.6 is 12.2 Å². The van der Waals surface area contributed by atoms with Crippen LogP contribution < -0.4 is 15.8 Å². The minimum absolute atomic E-state index is 0.0403. The summed E-state index contributed by atoms with van der Waals surface area (Å²) < 4.78 is 5.56. The number of hydrogen-bond acceptors (Lipinski definition) is 3. The van der Waals surface area contributed by atoms with Crippen molar-refractivity contribution < 1.29 is 9.53 Å². The molecule has 0 heterocycles. The molecule has 0 aliphatic heterocycles. The lowest BCUT2D eigenvalue weighted by molar-refractivity contribution is -0.125. The highest BCUT2D eigenvalue weighted by molar-refractivity contribution is 7.80. The summed E-state index contributed by atoms with van der Waals surface area (Å²) in [4.78, 5) is 12.3. The van der Waals surface area contributed by atoms with E-state index in [9.17, 15) is 4.79 Å². The molecule has 116 valence electrons. The molecular weight excluding hydrogens is 284 g/mol. The predicted octanol–water partition coefficient (Wildman–Crippen LogP) is 2.78. The maximum Gasteiger partial charge on any atom is 0.258 e. The molecule has 0 spiro atoms. The number of nitrogens with two attached hydrogens (primary N) is 1. The predicted molar refractivity (Wildman–Crippen MR) is 89.6 cm³/mol. The quantitative estimate of drug-likeness (QED) is 0.725. The highest BCUT2D eigenvalue weighted by Crippen LogP contribution is 2.20. The molecule has 0 aromatic heterocycles. The van der Waals surface area contributed by atoms with Crippen molar-refractivity contribution in [3.05, 3.63) is 29.8 Å². The second kappa shape index (κ2) is 7.98. The molecule has 0 radical (unpaired) electrons. The molecule has 0 saturated carbocycles. The number of carbonyl (C=O) groups excluding carboxylic acids is 1. The maximum absolute atomic E-state index is 12.1. The monoisotopic (exact) mass is 308 g/mol. The third-order valence-electron chi connectivity index (χ3n) is 3.95. The van der Waals surface area contributed by atoms with Crippen molar-refractivity contribution in [1.82, 2.24) is 5.32 Å². The molecule has 1 rings (SSSR count). The standard InChI is InChI=1S/C16H24N2O2S/c1-4-16(5-2,6-3)18-14(19)11-20-13-10-8-7-9-12(13)15(17)21/h7-10H,4-6,11H2,1-3H3,(H2,17,21)(H,18,19). The van der Waals surface area contributed by atoms with Crippen molar-refractivity contribution in [2.75, 3.05) is 6.61 Å². The smallest absolute Gasteiger partial charge is 0.258 e. The summed E-state index contributed by atoms with van der Waals surface area (Å²) in [6.07, 6.45) is 2.69. The van der Waals surface area contributed by atoms with Crippen LogP contribution in [0.2, 0.25) is 0 Å². The third-order valence-corrected chi connectivity index (χ3v) is 4.17. The first-order valence-electron chi connectivity index (χ1n) is 7.30. The van der Waals surface area contributed by atoms with Gasteiger partial charge in [-0.15, -0.1) is 0 Å². The second-order valence-electron chi connectivity index (χ2n) is 5.04. The van der Waals surface area contributed by atoms with Crippen molar-refractivity contribution in [1.29, 1.82) is 0 Å². The average molecular weight is 308 g/mol. The Morgan fingerprint density at radius 2 is 1.81 bits per heavy atom. The zero-order chi connectivity index (χ0) is 15.9. The van der Waals surface area contributed by atoms with E-state index in [1.54, 1.807) is 12.1 Å². The first-order chi connectivity index (χ1) is 9.98. The number of para-hydroxylation sites is 1. The Balaban J connectivity index is 2.68. The Bertz CT molecular complexity index is 491. The van der Waals surface area contributed by atoms with E-state index < -0.39 is 0 Å². The number of thiocarbonyl (C=S) groups is 1. The minimum atomic E-state index is -0.150. The fourth-order valence-electron chi connectivity index (χ4n) is 2.29. The minimum Gasteiger partial charge on any atom is -0.483 e. The topological polar surface area (TPSA) is 64.3 Å². The molecule has 0 unspecified atom stereocenters. The van der Waals surface area contributed by atoms with Gasteiger partial charge in [0, 0.05) is 5.54 Å². The molecule has 5 heteroatoms. The van der Waals surface area contributed by atoms with Crippen LogP contribution in [0.1, 0.15) is 45.6 Å². The molecule has 21 heavy (non-hydrogen) atoms. The van der Waals surface area contributed by atoms with Crippen LogP contribution in [0.5, 0.6) is 5.75 Å². The Kier molecular flexibility index (Phi) is 6.62. The molecular formula is C16H24N2O2S. The molecule has 3 N–H and O–H groups in total. The van der Waals surface area contributed by atoms with Gasteiger partial charge in [-0.2, -0.15) is 0 Å². The molecule has 4 nitrogen and oxygen atoms in total. The van der Waals surface area contributed by atoms with Crippen molar-refractivity contribution in [3.8, 4) is 5.75 Å².